The van der Waals surface area contributed by atoms with Crippen LogP contribution in [0.1, 0.15) is 38.5 Å². The van der Waals surface area contributed by atoms with Crippen LogP contribution in [0, 0.1) is 17.8 Å². The number of benzene rings is 1. The number of nitrogens with one attached hydrogen (secondary N) is 1. The predicted octanol–water partition coefficient (Wildman–Crippen LogP) is 4.68. The summed E-state index contributed by atoms with van der Waals surface area (Å²) in [6.45, 7) is 0. The first kappa shape index (κ1) is 17.7. The lowest BCUT2D eigenvalue weighted by atomic mass is 9.53. The molecule has 0 spiro atoms. The van der Waals surface area contributed by atoms with Crippen molar-refractivity contribution in [3.63, 3.8) is 0 Å². The van der Waals surface area contributed by atoms with E-state index in [2.05, 4.69) is 31.4 Å². The average Bonchev–Trinajstić information content (AvgIpc) is 3.07. The Morgan fingerprint density at radius 2 is 1.81 bits per heavy atom. The van der Waals surface area contributed by atoms with Gasteiger partial charge in [-0.25, -0.2) is 0 Å². The van der Waals surface area contributed by atoms with E-state index in [0.29, 0.717) is 16.9 Å². The average molecular weight is 448 g/mol. The second-order valence-corrected chi connectivity index (χ2v) is 10.2. The number of rotatable bonds is 5. The molecule has 1 amide bonds. The van der Waals surface area contributed by atoms with Gasteiger partial charge in [0.15, 0.2) is 0 Å². The number of hydrogen-bond acceptors (Lipinski definition) is 5. The normalized spacial score (nSPS) is 31.2. The number of thioether (sulfide) groups is 1. The van der Waals surface area contributed by atoms with E-state index < -0.39 is 0 Å². The molecule has 27 heavy (non-hydrogen) atoms. The van der Waals surface area contributed by atoms with Crippen LogP contribution < -0.4 is 5.32 Å². The monoisotopic (exact) mass is 447 g/mol. The molecule has 1 aromatic carbocycles. The molecule has 1 aromatic heterocycles. The molecule has 6 rings (SSSR count). The first-order valence-corrected chi connectivity index (χ1v) is 11.4. The molecule has 1 N–H and O–H groups in total. The molecule has 2 aromatic rings. The van der Waals surface area contributed by atoms with Gasteiger partial charge in [-0.3, -0.25) is 4.79 Å². The quantitative estimate of drug-likeness (QED) is 0.673. The van der Waals surface area contributed by atoms with Crippen LogP contribution in [0.4, 0.5) is 0 Å². The van der Waals surface area contributed by atoms with Crippen molar-refractivity contribution >= 4 is 33.6 Å². The number of amides is 1. The number of nitrogens with zero attached hydrogens (tertiary/aromatic N) is 2. The highest BCUT2D eigenvalue weighted by Crippen LogP contribution is 2.55. The Morgan fingerprint density at radius 3 is 2.48 bits per heavy atom. The van der Waals surface area contributed by atoms with Gasteiger partial charge >= 0.3 is 0 Å². The summed E-state index contributed by atoms with van der Waals surface area (Å²) >= 11 is 4.80. The fraction of sp³-hybridized carbons (Fsp3) is 0.550. The van der Waals surface area contributed by atoms with E-state index in [4.69, 9.17) is 4.42 Å². The minimum Gasteiger partial charge on any atom is -0.411 e. The van der Waals surface area contributed by atoms with Crippen LogP contribution in [-0.4, -0.2) is 27.4 Å². The van der Waals surface area contributed by atoms with Crippen LogP contribution in [0.5, 0.6) is 0 Å². The van der Waals surface area contributed by atoms with Gasteiger partial charge in [-0.15, -0.1) is 10.2 Å². The Morgan fingerprint density at radius 1 is 1.15 bits per heavy atom. The summed E-state index contributed by atoms with van der Waals surface area (Å²) in [7, 11) is 0. The zero-order valence-corrected chi connectivity index (χ0v) is 17.4. The summed E-state index contributed by atoms with van der Waals surface area (Å²) in [5.41, 5.74) is 0.913. The predicted molar refractivity (Wildman–Crippen MR) is 107 cm³/mol. The van der Waals surface area contributed by atoms with E-state index in [1.54, 1.807) is 0 Å². The first-order chi connectivity index (χ1) is 13.1. The molecule has 7 heteroatoms. The zero-order valence-electron chi connectivity index (χ0n) is 15.0. The van der Waals surface area contributed by atoms with Crippen molar-refractivity contribution in [3.8, 4) is 11.5 Å². The summed E-state index contributed by atoms with van der Waals surface area (Å²) < 4.78 is 6.63. The maximum absolute atomic E-state index is 12.6. The lowest BCUT2D eigenvalue weighted by Crippen LogP contribution is -2.60. The van der Waals surface area contributed by atoms with E-state index in [9.17, 15) is 4.79 Å². The molecule has 4 saturated carbocycles. The SMILES string of the molecule is O=C(CSc1nnc(-c2ccccc2Br)o1)NC12CC3CC(CC(C3)C1)C2. The van der Waals surface area contributed by atoms with Crippen molar-refractivity contribution in [1.82, 2.24) is 15.5 Å². The number of aromatic nitrogens is 2. The molecule has 0 aliphatic heterocycles. The van der Waals surface area contributed by atoms with E-state index in [1.807, 2.05) is 24.3 Å². The Balaban J connectivity index is 1.20. The molecule has 0 saturated heterocycles. The molecule has 1 heterocycles. The summed E-state index contributed by atoms with van der Waals surface area (Å²) in [6.07, 6.45) is 7.64. The highest BCUT2D eigenvalue weighted by molar-refractivity contribution is 9.10. The van der Waals surface area contributed by atoms with E-state index in [-0.39, 0.29) is 11.4 Å². The van der Waals surface area contributed by atoms with Crippen molar-refractivity contribution in [2.75, 3.05) is 5.75 Å². The van der Waals surface area contributed by atoms with Gasteiger partial charge < -0.3 is 9.73 Å². The lowest BCUT2D eigenvalue weighted by molar-refractivity contribution is -0.124. The van der Waals surface area contributed by atoms with Gasteiger partial charge in [0.25, 0.3) is 5.22 Å². The standard InChI is InChI=1S/C20H22BrN3O2S/c21-16-4-2-1-3-15(16)18-23-24-19(26-18)27-11-17(25)22-20-8-12-5-13(9-20)7-14(6-12)10-20/h1-4,12-14H,5-11H2,(H,22,25). The van der Waals surface area contributed by atoms with Crippen LogP contribution in [0.25, 0.3) is 11.5 Å². The molecule has 4 fully saturated rings. The first-order valence-electron chi connectivity index (χ1n) is 9.61. The Hall–Kier alpha value is -1.34. The fourth-order valence-corrected chi connectivity index (χ4v) is 6.75. The second kappa shape index (κ2) is 6.92. The largest absolute Gasteiger partial charge is 0.411 e. The molecular weight excluding hydrogens is 426 g/mol. The number of carbonyl (C=O) groups is 1. The molecule has 4 bridgehead atoms. The number of carbonyl (C=O) groups excluding carboxylic acids is 1. The molecule has 0 radical (unpaired) electrons. The van der Waals surface area contributed by atoms with Gasteiger partial charge in [0.1, 0.15) is 0 Å². The van der Waals surface area contributed by atoms with Gasteiger partial charge in [-0.1, -0.05) is 23.9 Å². The lowest BCUT2D eigenvalue weighted by Gasteiger charge is -2.56. The minimum absolute atomic E-state index is 0.0568. The fourth-order valence-electron chi connectivity index (χ4n) is 5.73. The van der Waals surface area contributed by atoms with Crippen molar-refractivity contribution in [3.05, 3.63) is 28.7 Å². The Labute approximate surface area is 171 Å². The van der Waals surface area contributed by atoms with E-state index in [0.717, 1.165) is 27.8 Å². The smallest absolute Gasteiger partial charge is 0.277 e. The Kier molecular flexibility index (Phi) is 4.55. The van der Waals surface area contributed by atoms with Crippen LogP contribution >= 0.6 is 27.7 Å². The third-order valence-electron chi connectivity index (χ3n) is 6.28. The van der Waals surface area contributed by atoms with Crippen molar-refractivity contribution in [2.24, 2.45) is 17.8 Å². The number of hydrogen-bond donors (Lipinski definition) is 1. The van der Waals surface area contributed by atoms with Crippen molar-refractivity contribution in [2.45, 2.75) is 49.3 Å². The molecule has 0 unspecified atom stereocenters. The van der Waals surface area contributed by atoms with Gasteiger partial charge in [0.05, 0.1) is 11.3 Å². The van der Waals surface area contributed by atoms with Gasteiger partial charge in [-0.05, 0) is 84.3 Å². The zero-order chi connectivity index (χ0) is 18.4. The maximum Gasteiger partial charge on any atom is 0.277 e. The van der Waals surface area contributed by atoms with Crippen LogP contribution in [0.3, 0.4) is 0 Å². The Bertz CT molecular complexity index is 833. The van der Waals surface area contributed by atoms with Crippen molar-refractivity contribution < 1.29 is 9.21 Å². The van der Waals surface area contributed by atoms with E-state index >= 15 is 0 Å². The third-order valence-corrected chi connectivity index (χ3v) is 7.79. The third kappa shape index (κ3) is 3.56. The molecule has 142 valence electrons. The molecule has 4 aliphatic rings. The summed E-state index contributed by atoms with van der Waals surface area (Å²) in [5, 5.41) is 12.0. The minimum atomic E-state index is 0.0568. The molecule has 5 nitrogen and oxygen atoms in total. The van der Waals surface area contributed by atoms with Gasteiger partial charge in [0, 0.05) is 10.0 Å². The van der Waals surface area contributed by atoms with E-state index in [1.165, 1.54) is 50.3 Å². The molecule has 4 aliphatic carbocycles. The summed E-state index contributed by atoms with van der Waals surface area (Å²) in [6, 6.07) is 7.72. The topological polar surface area (TPSA) is 68.0 Å². The highest BCUT2D eigenvalue weighted by Gasteiger charge is 2.51. The van der Waals surface area contributed by atoms with Crippen LogP contribution in [0.2, 0.25) is 0 Å². The van der Waals surface area contributed by atoms with Gasteiger partial charge in [0.2, 0.25) is 11.8 Å². The van der Waals surface area contributed by atoms with Crippen LogP contribution in [0.15, 0.2) is 38.4 Å². The van der Waals surface area contributed by atoms with Gasteiger partial charge in [-0.2, -0.15) is 0 Å². The highest BCUT2D eigenvalue weighted by atomic mass is 79.9. The van der Waals surface area contributed by atoms with Crippen LogP contribution in [-0.2, 0) is 4.79 Å². The maximum atomic E-state index is 12.6. The summed E-state index contributed by atoms with van der Waals surface area (Å²) in [4.78, 5) is 12.6. The second-order valence-electron chi connectivity index (χ2n) is 8.39. The number of halogens is 1. The summed E-state index contributed by atoms with van der Waals surface area (Å²) in [5.74, 6) is 3.35. The molecule has 0 atom stereocenters. The molecular formula is C20H22BrN3O2S. The van der Waals surface area contributed by atoms with Crippen molar-refractivity contribution in [1.29, 1.82) is 0 Å².